The van der Waals surface area contributed by atoms with Crippen LogP contribution in [0.3, 0.4) is 0 Å². The summed E-state index contributed by atoms with van der Waals surface area (Å²) in [5.41, 5.74) is 4.76. The number of rotatable bonds is 4. The van der Waals surface area contributed by atoms with E-state index in [0.717, 1.165) is 11.2 Å². The molecular weight excluding hydrogens is 340 g/mol. The van der Waals surface area contributed by atoms with Gasteiger partial charge in [-0.1, -0.05) is 17.7 Å². The van der Waals surface area contributed by atoms with E-state index in [2.05, 4.69) is 15.5 Å². The minimum absolute atomic E-state index is 0.192. The van der Waals surface area contributed by atoms with Crippen LogP contribution in [0.15, 0.2) is 66.7 Å². The maximum absolute atomic E-state index is 12.4. The van der Waals surface area contributed by atoms with Gasteiger partial charge in [-0.3, -0.25) is 4.79 Å². The number of hydrogen-bond acceptors (Lipinski definition) is 4. The van der Waals surface area contributed by atoms with E-state index < -0.39 is 0 Å². The third-order valence-corrected chi connectivity index (χ3v) is 4.26. The smallest absolute Gasteiger partial charge is 0.255 e. The second-order valence-corrected chi connectivity index (χ2v) is 6.21. The van der Waals surface area contributed by atoms with Crippen molar-refractivity contribution in [3.8, 4) is 11.4 Å². The van der Waals surface area contributed by atoms with Gasteiger partial charge in [0, 0.05) is 11.3 Å². The van der Waals surface area contributed by atoms with Gasteiger partial charge >= 0.3 is 0 Å². The first-order valence-electron chi connectivity index (χ1n) is 8.52. The summed E-state index contributed by atoms with van der Waals surface area (Å²) in [7, 11) is 1.59. The minimum atomic E-state index is -0.192. The van der Waals surface area contributed by atoms with E-state index in [1.54, 1.807) is 36.2 Å². The highest BCUT2D eigenvalue weighted by Gasteiger charge is 2.09. The molecule has 0 radical (unpaired) electrons. The van der Waals surface area contributed by atoms with Crippen LogP contribution >= 0.6 is 0 Å². The van der Waals surface area contributed by atoms with Crippen molar-refractivity contribution >= 4 is 22.6 Å². The van der Waals surface area contributed by atoms with Crippen LogP contribution in [0.5, 0.6) is 5.75 Å². The molecule has 1 amide bonds. The van der Waals surface area contributed by atoms with Crippen molar-refractivity contribution < 1.29 is 9.53 Å². The fourth-order valence-electron chi connectivity index (χ4n) is 2.73. The lowest BCUT2D eigenvalue weighted by Crippen LogP contribution is -2.11. The number of benzene rings is 3. The van der Waals surface area contributed by atoms with Crippen molar-refractivity contribution in [2.45, 2.75) is 6.92 Å². The molecular formula is C21H18N4O2. The predicted octanol–water partition coefficient (Wildman–Crippen LogP) is 3.99. The van der Waals surface area contributed by atoms with Crippen molar-refractivity contribution in [1.29, 1.82) is 0 Å². The van der Waals surface area contributed by atoms with Crippen molar-refractivity contribution in [2.75, 3.05) is 12.4 Å². The number of carbonyl (C=O) groups excluding carboxylic acids is 1. The molecule has 1 heterocycles. The Morgan fingerprint density at radius 2 is 1.63 bits per heavy atom. The summed E-state index contributed by atoms with van der Waals surface area (Å²) in [5, 5.41) is 11.9. The van der Waals surface area contributed by atoms with Crippen LogP contribution in [0.2, 0.25) is 0 Å². The molecule has 0 aliphatic heterocycles. The summed E-state index contributed by atoms with van der Waals surface area (Å²) >= 11 is 0. The van der Waals surface area contributed by atoms with Crippen LogP contribution in [-0.4, -0.2) is 28.0 Å². The number of methoxy groups -OCH3 is 1. The summed E-state index contributed by atoms with van der Waals surface area (Å²) in [5.74, 6) is 0.517. The Labute approximate surface area is 156 Å². The molecule has 134 valence electrons. The lowest BCUT2D eigenvalue weighted by molar-refractivity contribution is 0.102. The van der Waals surface area contributed by atoms with Crippen molar-refractivity contribution in [1.82, 2.24) is 15.0 Å². The van der Waals surface area contributed by atoms with Gasteiger partial charge in [-0.15, -0.1) is 10.2 Å². The molecule has 4 rings (SSSR count). The molecule has 1 aromatic heterocycles. The molecule has 0 aliphatic carbocycles. The SMILES string of the molecule is COc1ccc(C(=O)Nc2ccc3nn(-c4ccc(C)cc4)nc3c2)cc1. The van der Waals surface area contributed by atoms with E-state index in [0.29, 0.717) is 22.5 Å². The Morgan fingerprint density at radius 3 is 2.33 bits per heavy atom. The molecule has 4 aromatic rings. The van der Waals surface area contributed by atoms with E-state index in [9.17, 15) is 4.79 Å². The Kier molecular flexibility index (Phi) is 4.30. The summed E-state index contributed by atoms with van der Waals surface area (Å²) in [6, 6.07) is 20.4. The number of amides is 1. The van der Waals surface area contributed by atoms with Gasteiger partial charge in [0.15, 0.2) is 0 Å². The molecule has 0 atom stereocenters. The second kappa shape index (κ2) is 6.92. The van der Waals surface area contributed by atoms with Crippen LogP contribution in [0.4, 0.5) is 5.69 Å². The number of ether oxygens (including phenoxy) is 1. The number of aryl methyl sites for hydroxylation is 1. The maximum Gasteiger partial charge on any atom is 0.255 e. The zero-order valence-electron chi connectivity index (χ0n) is 15.0. The largest absolute Gasteiger partial charge is 0.497 e. The average molecular weight is 358 g/mol. The van der Waals surface area contributed by atoms with Crippen LogP contribution < -0.4 is 10.1 Å². The van der Waals surface area contributed by atoms with Crippen LogP contribution in [0.1, 0.15) is 15.9 Å². The molecule has 1 N–H and O–H groups in total. The van der Waals surface area contributed by atoms with E-state index in [-0.39, 0.29) is 5.91 Å². The quantitative estimate of drug-likeness (QED) is 0.599. The number of nitrogens with one attached hydrogen (secondary N) is 1. The summed E-state index contributed by atoms with van der Waals surface area (Å²) in [6.07, 6.45) is 0. The predicted molar refractivity (Wildman–Crippen MR) is 105 cm³/mol. The summed E-state index contributed by atoms with van der Waals surface area (Å²) < 4.78 is 5.11. The lowest BCUT2D eigenvalue weighted by atomic mass is 10.2. The van der Waals surface area contributed by atoms with Crippen LogP contribution in [0, 0.1) is 6.92 Å². The zero-order valence-corrected chi connectivity index (χ0v) is 15.0. The Bertz CT molecular complexity index is 1100. The van der Waals surface area contributed by atoms with Gasteiger partial charge in [-0.25, -0.2) is 0 Å². The molecule has 0 aliphatic rings. The topological polar surface area (TPSA) is 69.0 Å². The average Bonchev–Trinajstić information content (AvgIpc) is 3.12. The summed E-state index contributed by atoms with van der Waals surface area (Å²) in [6.45, 7) is 2.04. The van der Waals surface area contributed by atoms with Crippen molar-refractivity contribution in [3.63, 3.8) is 0 Å². The number of hydrogen-bond donors (Lipinski definition) is 1. The third-order valence-electron chi connectivity index (χ3n) is 4.26. The number of carbonyl (C=O) groups is 1. The molecule has 6 nitrogen and oxygen atoms in total. The van der Waals surface area contributed by atoms with Gasteiger partial charge in [-0.05, 0) is 61.5 Å². The van der Waals surface area contributed by atoms with Gasteiger partial charge < -0.3 is 10.1 Å². The Balaban J connectivity index is 1.57. The summed E-state index contributed by atoms with van der Waals surface area (Å²) in [4.78, 5) is 14.0. The highest BCUT2D eigenvalue weighted by molar-refractivity contribution is 6.05. The van der Waals surface area contributed by atoms with E-state index in [1.807, 2.05) is 49.4 Å². The molecule has 27 heavy (non-hydrogen) atoms. The van der Waals surface area contributed by atoms with Gasteiger partial charge in [0.1, 0.15) is 16.8 Å². The van der Waals surface area contributed by atoms with E-state index in [4.69, 9.17) is 4.74 Å². The lowest BCUT2D eigenvalue weighted by Gasteiger charge is -2.06. The normalized spacial score (nSPS) is 10.7. The third kappa shape index (κ3) is 3.50. The van der Waals surface area contributed by atoms with Crippen LogP contribution in [-0.2, 0) is 0 Å². The minimum Gasteiger partial charge on any atom is -0.497 e. The highest BCUT2D eigenvalue weighted by Crippen LogP contribution is 2.19. The molecule has 3 aromatic carbocycles. The standard InChI is InChI=1S/C21H18N4O2/c1-14-3-8-17(9-4-14)25-23-19-12-7-16(13-20(19)24-25)22-21(26)15-5-10-18(27-2)11-6-15/h3-13H,1-2H3,(H,22,26). The first-order valence-corrected chi connectivity index (χ1v) is 8.52. The number of aromatic nitrogens is 3. The van der Waals surface area contributed by atoms with Crippen molar-refractivity contribution in [3.05, 3.63) is 77.9 Å². The molecule has 0 saturated carbocycles. The zero-order chi connectivity index (χ0) is 18.8. The fraction of sp³-hybridized carbons (Fsp3) is 0.0952. The molecule has 0 spiro atoms. The molecule has 0 saturated heterocycles. The number of nitrogens with zero attached hydrogens (tertiary/aromatic N) is 3. The van der Waals surface area contributed by atoms with Gasteiger partial charge in [-0.2, -0.15) is 4.80 Å². The number of anilines is 1. The molecule has 0 bridgehead atoms. The van der Waals surface area contributed by atoms with Crippen LogP contribution in [0.25, 0.3) is 16.7 Å². The van der Waals surface area contributed by atoms with E-state index in [1.165, 1.54) is 5.56 Å². The van der Waals surface area contributed by atoms with Gasteiger partial charge in [0.25, 0.3) is 5.91 Å². The first kappa shape index (κ1) is 16.8. The number of fused-ring (bicyclic) bond motifs is 1. The monoisotopic (exact) mass is 358 g/mol. The molecule has 0 fully saturated rings. The fourth-order valence-corrected chi connectivity index (χ4v) is 2.73. The molecule has 0 unspecified atom stereocenters. The maximum atomic E-state index is 12.4. The van der Waals surface area contributed by atoms with Crippen molar-refractivity contribution in [2.24, 2.45) is 0 Å². The second-order valence-electron chi connectivity index (χ2n) is 6.21. The highest BCUT2D eigenvalue weighted by atomic mass is 16.5. The Morgan fingerprint density at radius 1 is 0.926 bits per heavy atom. The Hall–Kier alpha value is -3.67. The first-order chi connectivity index (χ1) is 13.1. The van der Waals surface area contributed by atoms with Gasteiger partial charge in [0.2, 0.25) is 0 Å². The molecule has 6 heteroatoms. The van der Waals surface area contributed by atoms with E-state index >= 15 is 0 Å². The van der Waals surface area contributed by atoms with Gasteiger partial charge in [0.05, 0.1) is 12.8 Å².